The summed E-state index contributed by atoms with van der Waals surface area (Å²) in [6, 6.07) is 6.48. The molecule has 0 radical (unpaired) electrons. The van der Waals surface area contributed by atoms with Crippen molar-refractivity contribution in [1.29, 1.82) is 0 Å². The van der Waals surface area contributed by atoms with Gasteiger partial charge in [0.15, 0.2) is 0 Å². The number of rotatable bonds is 4. The maximum absolute atomic E-state index is 12.8. The molecular weight excluding hydrogens is 338 g/mol. The number of carbonyl (C=O) groups is 1. The molecule has 138 valence electrons. The summed E-state index contributed by atoms with van der Waals surface area (Å²) < 4.78 is 27.1. The summed E-state index contributed by atoms with van der Waals surface area (Å²) in [5, 5.41) is 0. The molecule has 0 bridgehead atoms. The van der Waals surface area contributed by atoms with Crippen LogP contribution in [-0.2, 0) is 10.0 Å². The van der Waals surface area contributed by atoms with Crippen LogP contribution in [0.15, 0.2) is 29.2 Å². The number of sulfonamides is 1. The van der Waals surface area contributed by atoms with Gasteiger partial charge in [0.05, 0.1) is 4.90 Å². The molecule has 0 atom stereocenters. The molecule has 1 amide bonds. The van der Waals surface area contributed by atoms with Gasteiger partial charge in [0.1, 0.15) is 0 Å². The zero-order chi connectivity index (χ0) is 17.9. The summed E-state index contributed by atoms with van der Waals surface area (Å²) in [5.41, 5.74) is 6.15. The first-order valence-corrected chi connectivity index (χ1v) is 10.6. The van der Waals surface area contributed by atoms with Crippen LogP contribution in [0.3, 0.4) is 0 Å². The summed E-state index contributed by atoms with van der Waals surface area (Å²) in [4.78, 5) is 14.8. The number of piperidine rings is 2. The third kappa shape index (κ3) is 4.04. The molecule has 2 N–H and O–H groups in total. The van der Waals surface area contributed by atoms with Crippen LogP contribution in [0, 0.1) is 5.92 Å². The van der Waals surface area contributed by atoms with Crippen LogP contribution < -0.4 is 5.73 Å². The van der Waals surface area contributed by atoms with Gasteiger partial charge in [0, 0.05) is 31.7 Å². The lowest BCUT2D eigenvalue weighted by molar-refractivity contribution is 0.0693. The minimum absolute atomic E-state index is 0.0915. The van der Waals surface area contributed by atoms with E-state index in [9.17, 15) is 13.2 Å². The number of carbonyl (C=O) groups excluding carboxylic acids is 1. The molecule has 2 heterocycles. The van der Waals surface area contributed by atoms with Crippen LogP contribution >= 0.6 is 0 Å². The van der Waals surface area contributed by atoms with Crippen LogP contribution in [0.2, 0.25) is 0 Å². The van der Waals surface area contributed by atoms with Gasteiger partial charge in [0.25, 0.3) is 5.91 Å². The second-order valence-electron chi connectivity index (χ2n) is 6.96. The lowest BCUT2D eigenvalue weighted by Gasteiger charge is -2.31. The van der Waals surface area contributed by atoms with Crippen molar-refractivity contribution in [3.8, 4) is 0 Å². The van der Waals surface area contributed by atoms with E-state index in [1.807, 2.05) is 0 Å². The summed E-state index contributed by atoms with van der Waals surface area (Å²) >= 11 is 0. The highest BCUT2D eigenvalue weighted by molar-refractivity contribution is 7.89. The monoisotopic (exact) mass is 365 g/mol. The van der Waals surface area contributed by atoms with E-state index in [-0.39, 0.29) is 10.8 Å². The number of nitrogens with two attached hydrogens (primary N) is 1. The number of benzene rings is 1. The van der Waals surface area contributed by atoms with Crippen molar-refractivity contribution >= 4 is 15.9 Å². The Balaban J connectivity index is 1.76. The fourth-order valence-corrected chi connectivity index (χ4v) is 5.16. The normalized spacial score (nSPS) is 20.6. The Morgan fingerprint density at radius 1 is 1.08 bits per heavy atom. The minimum Gasteiger partial charge on any atom is -0.339 e. The van der Waals surface area contributed by atoms with Crippen LogP contribution in [0.25, 0.3) is 0 Å². The van der Waals surface area contributed by atoms with Crippen molar-refractivity contribution in [1.82, 2.24) is 9.21 Å². The summed E-state index contributed by atoms with van der Waals surface area (Å²) in [5.74, 6) is 0.390. The molecule has 2 aliphatic rings. The molecule has 2 saturated heterocycles. The molecule has 2 fully saturated rings. The first kappa shape index (κ1) is 18.4. The largest absolute Gasteiger partial charge is 0.339 e. The highest BCUT2D eigenvalue weighted by Crippen LogP contribution is 2.23. The summed E-state index contributed by atoms with van der Waals surface area (Å²) in [6.45, 7) is 3.15. The van der Waals surface area contributed by atoms with Crippen LogP contribution in [0.1, 0.15) is 42.5 Å². The Hall–Kier alpha value is -1.44. The van der Waals surface area contributed by atoms with Crippen LogP contribution in [-0.4, -0.2) is 56.3 Å². The molecule has 0 aliphatic carbocycles. The third-order valence-electron chi connectivity index (χ3n) is 5.27. The highest BCUT2D eigenvalue weighted by Gasteiger charge is 2.28. The molecule has 0 spiro atoms. The average Bonchev–Trinajstić information content (AvgIpc) is 2.68. The SMILES string of the molecule is NCC1CCN(C(=O)c2cccc(S(=O)(=O)N3CCCCC3)c2)CC1. The van der Waals surface area contributed by atoms with Gasteiger partial charge in [-0.25, -0.2) is 8.42 Å². The maximum atomic E-state index is 12.8. The molecule has 1 aromatic carbocycles. The average molecular weight is 365 g/mol. The van der Waals surface area contributed by atoms with Gasteiger partial charge >= 0.3 is 0 Å². The Bertz CT molecular complexity index is 706. The van der Waals surface area contributed by atoms with E-state index in [1.165, 1.54) is 10.4 Å². The molecule has 0 unspecified atom stereocenters. The molecule has 0 saturated carbocycles. The number of hydrogen-bond acceptors (Lipinski definition) is 4. The molecule has 2 aliphatic heterocycles. The summed E-state index contributed by atoms with van der Waals surface area (Å²) in [7, 11) is -3.52. The van der Waals surface area contributed by atoms with Crippen molar-refractivity contribution in [2.24, 2.45) is 11.7 Å². The van der Waals surface area contributed by atoms with Crippen molar-refractivity contribution in [3.05, 3.63) is 29.8 Å². The van der Waals surface area contributed by atoms with E-state index < -0.39 is 10.0 Å². The molecule has 6 nitrogen and oxygen atoms in total. The van der Waals surface area contributed by atoms with Crippen molar-refractivity contribution in [3.63, 3.8) is 0 Å². The zero-order valence-electron chi connectivity index (χ0n) is 14.6. The van der Waals surface area contributed by atoms with Crippen molar-refractivity contribution in [2.75, 3.05) is 32.7 Å². The maximum Gasteiger partial charge on any atom is 0.253 e. The van der Waals surface area contributed by atoms with E-state index in [0.717, 1.165) is 32.1 Å². The van der Waals surface area contributed by atoms with Crippen LogP contribution in [0.5, 0.6) is 0 Å². The van der Waals surface area contributed by atoms with Crippen molar-refractivity contribution < 1.29 is 13.2 Å². The first-order valence-electron chi connectivity index (χ1n) is 9.12. The third-order valence-corrected chi connectivity index (χ3v) is 7.16. The molecule has 1 aromatic rings. The molecular formula is C18H27N3O3S. The lowest BCUT2D eigenvalue weighted by Crippen LogP contribution is -2.40. The number of hydrogen-bond donors (Lipinski definition) is 1. The zero-order valence-corrected chi connectivity index (χ0v) is 15.4. The van der Waals surface area contributed by atoms with Gasteiger partial charge in [-0.1, -0.05) is 12.5 Å². The minimum atomic E-state index is -3.52. The van der Waals surface area contributed by atoms with Gasteiger partial charge < -0.3 is 10.6 Å². The van der Waals surface area contributed by atoms with E-state index in [1.54, 1.807) is 23.1 Å². The predicted molar refractivity (Wildman–Crippen MR) is 96.7 cm³/mol. The fourth-order valence-electron chi connectivity index (χ4n) is 3.60. The molecule has 3 rings (SSSR count). The Kier molecular flexibility index (Phi) is 5.76. The fraction of sp³-hybridized carbons (Fsp3) is 0.611. The van der Waals surface area contributed by atoms with E-state index in [0.29, 0.717) is 44.2 Å². The standard InChI is InChI=1S/C18H27N3O3S/c19-14-15-7-11-20(12-8-15)18(22)16-5-4-6-17(13-16)25(23,24)21-9-2-1-3-10-21/h4-6,13,15H,1-3,7-12,14,19H2. The van der Waals surface area contributed by atoms with Gasteiger partial charge in [-0.05, 0) is 56.3 Å². The van der Waals surface area contributed by atoms with Crippen molar-refractivity contribution in [2.45, 2.75) is 37.0 Å². The molecule has 7 heteroatoms. The Labute approximate surface area is 150 Å². The predicted octanol–water partition coefficient (Wildman–Crippen LogP) is 1.67. The van der Waals surface area contributed by atoms with Gasteiger partial charge in [-0.15, -0.1) is 0 Å². The highest BCUT2D eigenvalue weighted by atomic mass is 32.2. The quantitative estimate of drug-likeness (QED) is 0.880. The Morgan fingerprint density at radius 3 is 2.40 bits per heavy atom. The second kappa shape index (κ2) is 7.85. The van der Waals surface area contributed by atoms with Crippen LogP contribution in [0.4, 0.5) is 0 Å². The molecule has 0 aromatic heterocycles. The lowest BCUT2D eigenvalue weighted by atomic mass is 9.96. The molecule has 25 heavy (non-hydrogen) atoms. The Morgan fingerprint density at radius 2 is 1.76 bits per heavy atom. The van der Waals surface area contributed by atoms with Gasteiger partial charge in [-0.2, -0.15) is 4.31 Å². The summed E-state index contributed by atoms with van der Waals surface area (Å²) in [6.07, 6.45) is 4.69. The number of likely N-dealkylation sites (tertiary alicyclic amines) is 1. The van der Waals surface area contributed by atoms with E-state index in [4.69, 9.17) is 5.73 Å². The van der Waals surface area contributed by atoms with E-state index in [2.05, 4.69) is 0 Å². The van der Waals surface area contributed by atoms with Gasteiger partial charge in [0.2, 0.25) is 10.0 Å². The smallest absolute Gasteiger partial charge is 0.253 e. The van der Waals surface area contributed by atoms with E-state index >= 15 is 0 Å². The second-order valence-corrected chi connectivity index (χ2v) is 8.90. The first-order chi connectivity index (χ1) is 12.0. The number of nitrogens with zero attached hydrogens (tertiary/aromatic N) is 2. The number of amides is 1. The topological polar surface area (TPSA) is 83.7 Å². The van der Waals surface area contributed by atoms with Gasteiger partial charge in [-0.3, -0.25) is 4.79 Å².